The third kappa shape index (κ3) is 1.85. The number of hydrogen-bond donors (Lipinski definition) is 1. The van der Waals surface area contributed by atoms with Crippen LogP contribution in [0.1, 0.15) is 32.6 Å². The highest BCUT2D eigenvalue weighted by molar-refractivity contribution is 5.83. The Morgan fingerprint density at radius 2 is 2.23 bits per heavy atom. The summed E-state index contributed by atoms with van der Waals surface area (Å²) in [6.07, 6.45) is 4.74. The van der Waals surface area contributed by atoms with E-state index in [0.29, 0.717) is 6.04 Å². The molecule has 3 heteroatoms. The van der Waals surface area contributed by atoms with Crippen LogP contribution in [0.2, 0.25) is 0 Å². The molecule has 1 aliphatic carbocycles. The van der Waals surface area contributed by atoms with Gasteiger partial charge < -0.3 is 10.6 Å². The van der Waals surface area contributed by atoms with Crippen LogP contribution < -0.4 is 5.73 Å². The normalized spacial score (nSPS) is 31.1. The lowest BCUT2D eigenvalue weighted by atomic mass is 10.1. The molecule has 1 saturated heterocycles. The fourth-order valence-corrected chi connectivity index (χ4v) is 2.13. The number of carbonyl (C=O) groups is 1. The van der Waals surface area contributed by atoms with E-state index >= 15 is 0 Å². The van der Waals surface area contributed by atoms with Crippen molar-refractivity contribution in [2.24, 2.45) is 11.7 Å². The standard InChI is InChI=1S/C10H18N2O/c1-7(6-8-2-3-8)12-5-4-9(11)10(12)13/h7-9H,2-6,11H2,1H3. The SMILES string of the molecule is CC(CC1CC1)N1CCC(N)C1=O. The highest BCUT2D eigenvalue weighted by Crippen LogP contribution is 2.35. The van der Waals surface area contributed by atoms with Crippen LogP contribution in [0.3, 0.4) is 0 Å². The molecule has 13 heavy (non-hydrogen) atoms. The first kappa shape index (κ1) is 9.00. The number of hydrogen-bond acceptors (Lipinski definition) is 2. The van der Waals surface area contributed by atoms with Crippen LogP contribution in [0.4, 0.5) is 0 Å². The van der Waals surface area contributed by atoms with Crippen LogP contribution in [-0.2, 0) is 4.79 Å². The zero-order chi connectivity index (χ0) is 9.42. The number of amides is 1. The van der Waals surface area contributed by atoms with Crippen LogP contribution in [0.5, 0.6) is 0 Å². The monoisotopic (exact) mass is 182 g/mol. The summed E-state index contributed by atoms with van der Waals surface area (Å²) in [5, 5.41) is 0. The molecule has 2 unspecified atom stereocenters. The number of likely N-dealkylation sites (tertiary alicyclic amines) is 1. The molecule has 2 rings (SSSR count). The second-order valence-corrected chi connectivity index (χ2v) is 4.45. The van der Waals surface area contributed by atoms with E-state index in [9.17, 15) is 4.79 Å². The van der Waals surface area contributed by atoms with Crippen molar-refractivity contribution >= 4 is 5.91 Å². The minimum Gasteiger partial charge on any atom is -0.339 e. The summed E-state index contributed by atoms with van der Waals surface area (Å²) in [6, 6.07) is 0.190. The van der Waals surface area contributed by atoms with E-state index < -0.39 is 0 Å². The Kier molecular flexibility index (Phi) is 2.28. The Morgan fingerprint density at radius 1 is 1.54 bits per heavy atom. The maximum Gasteiger partial charge on any atom is 0.239 e. The minimum absolute atomic E-state index is 0.160. The number of carbonyl (C=O) groups excluding carboxylic acids is 1. The summed E-state index contributed by atoms with van der Waals surface area (Å²) in [4.78, 5) is 13.5. The number of nitrogens with two attached hydrogens (primary N) is 1. The predicted molar refractivity (Wildman–Crippen MR) is 51.1 cm³/mol. The van der Waals surface area contributed by atoms with Gasteiger partial charge >= 0.3 is 0 Å². The van der Waals surface area contributed by atoms with Gasteiger partial charge in [0.1, 0.15) is 0 Å². The van der Waals surface area contributed by atoms with E-state index in [1.807, 2.05) is 4.90 Å². The first-order valence-electron chi connectivity index (χ1n) is 5.24. The van der Waals surface area contributed by atoms with Crippen molar-refractivity contribution in [2.45, 2.75) is 44.7 Å². The van der Waals surface area contributed by atoms with Crippen molar-refractivity contribution < 1.29 is 4.79 Å². The van der Waals surface area contributed by atoms with Gasteiger partial charge in [-0.05, 0) is 25.7 Å². The lowest BCUT2D eigenvalue weighted by molar-refractivity contribution is -0.130. The molecule has 0 bridgehead atoms. The van der Waals surface area contributed by atoms with Crippen LogP contribution in [0, 0.1) is 5.92 Å². The Balaban J connectivity index is 1.88. The van der Waals surface area contributed by atoms with Gasteiger partial charge in [-0.25, -0.2) is 0 Å². The summed E-state index contributed by atoms with van der Waals surface area (Å²) in [5.41, 5.74) is 5.66. The Bertz CT molecular complexity index is 213. The third-order valence-corrected chi connectivity index (χ3v) is 3.18. The molecule has 1 amide bonds. The van der Waals surface area contributed by atoms with Crippen LogP contribution in [0.25, 0.3) is 0 Å². The molecule has 0 radical (unpaired) electrons. The van der Waals surface area contributed by atoms with Crippen molar-refractivity contribution in [2.75, 3.05) is 6.54 Å². The second-order valence-electron chi connectivity index (χ2n) is 4.45. The topological polar surface area (TPSA) is 46.3 Å². The van der Waals surface area contributed by atoms with Crippen molar-refractivity contribution in [3.05, 3.63) is 0 Å². The average molecular weight is 182 g/mol. The molecular weight excluding hydrogens is 164 g/mol. The van der Waals surface area contributed by atoms with Crippen LogP contribution in [-0.4, -0.2) is 29.4 Å². The Labute approximate surface area is 79.3 Å². The highest BCUT2D eigenvalue weighted by atomic mass is 16.2. The van der Waals surface area contributed by atoms with Gasteiger partial charge in [-0.15, -0.1) is 0 Å². The molecule has 3 nitrogen and oxygen atoms in total. The van der Waals surface area contributed by atoms with Crippen molar-refractivity contribution in [3.8, 4) is 0 Å². The van der Waals surface area contributed by atoms with Crippen molar-refractivity contribution in [1.29, 1.82) is 0 Å². The Hall–Kier alpha value is -0.570. The zero-order valence-electron chi connectivity index (χ0n) is 8.20. The summed E-state index contributed by atoms with van der Waals surface area (Å²) >= 11 is 0. The van der Waals surface area contributed by atoms with E-state index in [0.717, 1.165) is 18.9 Å². The molecule has 0 aromatic rings. The zero-order valence-corrected chi connectivity index (χ0v) is 8.20. The second kappa shape index (κ2) is 3.29. The van der Waals surface area contributed by atoms with Gasteiger partial charge in [-0.2, -0.15) is 0 Å². The van der Waals surface area contributed by atoms with Gasteiger partial charge in [-0.3, -0.25) is 4.79 Å². The molecule has 0 aromatic carbocycles. The number of nitrogens with zero attached hydrogens (tertiary/aromatic N) is 1. The van der Waals surface area contributed by atoms with Gasteiger partial charge in [-0.1, -0.05) is 12.8 Å². The Morgan fingerprint density at radius 3 is 2.69 bits per heavy atom. The predicted octanol–water partition coefficient (Wildman–Crippen LogP) is 0.735. The lowest BCUT2D eigenvalue weighted by Crippen LogP contribution is -2.39. The van der Waals surface area contributed by atoms with E-state index in [4.69, 9.17) is 5.73 Å². The fraction of sp³-hybridized carbons (Fsp3) is 0.900. The molecule has 0 spiro atoms. The first-order valence-corrected chi connectivity index (χ1v) is 5.24. The van der Waals surface area contributed by atoms with E-state index in [2.05, 4.69) is 6.92 Å². The molecule has 74 valence electrons. The van der Waals surface area contributed by atoms with Crippen LogP contribution >= 0.6 is 0 Å². The summed E-state index contributed by atoms with van der Waals surface area (Å²) in [6.45, 7) is 3.02. The molecule has 2 fully saturated rings. The largest absolute Gasteiger partial charge is 0.339 e. The lowest BCUT2D eigenvalue weighted by Gasteiger charge is -2.24. The third-order valence-electron chi connectivity index (χ3n) is 3.18. The van der Waals surface area contributed by atoms with Gasteiger partial charge in [0, 0.05) is 12.6 Å². The molecule has 2 atom stereocenters. The van der Waals surface area contributed by atoms with E-state index in [-0.39, 0.29) is 11.9 Å². The average Bonchev–Trinajstić information content (AvgIpc) is 2.82. The maximum absolute atomic E-state index is 11.5. The molecule has 1 saturated carbocycles. The molecule has 0 aromatic heterocycles. The molecule has 1 aliphatic heterocycles. The highest BCUT2D eigenvalue weighted by Gasteiger charge is 2.34. The van der Waals surface area contributed by atoms with Gasteiger partial charge in [0.25, 0.3) is 0 Å². The fourth-order valence-electron chi connectivity index (χ4n) is 2.13. The van der Waals surface area contributed by atoms with E-state index in [1.54, 1.807) is 0 Å². The van der Waals surface area contributed by atoms with Gasteiger partial charge in [0.05, 0.1) is 6.04 Å². The van der Waals surface area contributed by atoms with Crippen molar-refractivity contribution in [3.63, 3.8) is 0 Å². The summed E-state index contributed by atoms with van der Waals surface area (Å²) < 4.78 is 0. The quantitative estimate of drug-likeness (QED) is 0.699. The maximum atomic E-state index is 11.5. The molecular formula is C10H18N2O. The summed E-state index contributed by atoms with van der Waals surface area (Å²) in [5.74, 6) is 1.05. The number of rotatable bonds is 3. The van der Waals surface area contributed by atoms with Gasteiger partial charge in [0.2, 0.25) is 5.91 Å². The minimum atomic E-state index is -0.221. The van der Waals surface area contributed by atoms with Crippen LogP contribution in [0.15, 0.2) is 0 Å². The summed E-state index contributed by atoms with van der Waals surface area (Å²) in [7, 11) is 0. The van der Waals surface area contributed by atoms with E-state index in [1.165, 1.54) is 19.3 Å². The smallest absolute Gasteiger partial charge is 0.239 e. The first-order chi connectivity index (χ1) is 6.18. The van der Waals surface area contributed by atoms with Crippen molar-refractivity contribution in [1.82, 2.24) is 4.90 Å². The van der Waals surface area contributed by atoms with Gasteiger partial charge in [0.15, 0.2) is 0 Å². The molecule has 2 aliphatic rings. The molecule has 2 N–H and O–H groups in total. The molecule has 1 heterocycles.